The van der Waals surface area contributed by atoms with E-state index in [1.807, 2.05) is 32.9 Å². The number of rotatable bonds is 7. The fourth-order valence-electron chi connectivity index (χ4n) is 3.34. The Morgan fingerprint density at radius 2 is 1.68 bits per heavy atom. The second kappa shape index (κ2) is 8.45. The van der Waals surface area contributed by atoms with Crippen molar-refractivity contribution in [1.82, 2.24) is 14.7 Å². The Kier molecular flexibility index (Phi) is 6.20. The summed E-state index contributed by atoms with van der Waals surface area (Å²) >= 11 is 0. The number of nitrogens with one attached hydrogen (secondary N) is 1. The maximum atomic E-state index is 12.6. The summed E-state index contributed by atoms with van der Waals surface area (Å²) < 4.78 is 33.5. The molecule has 8 heteroatoms. The van der Waals surface area contributed by atoms with Crippen LogP contribution in [0.25, 0.3) is 0 Å². The van der Waals surface area contributed by atoms with Gasteiger partial charge in [0, 0.05) is 25.7 Å². The number of nitrogens with zero attached hydrogens (tertiary/aromatic N) is 3. The van der Waals surface area contributed by atoms with Gasteiger partial charge < -0.3 is 9.64 Å². The minimum atomic E-state index is -3.59. The highest BCUT2D eigenvalue weighted by atomic mass is 32.2. The second-order valence-corrected chi connectivity index (χ2v) is 8.99. The zero-order valence-corrected chi connectivity index (χ0v) is 17.8. The van der Waals surface area contributed by atoms with Crippen molar-refractivity contribution >= 4 is 15.8 Å². The van der Waals surface area contributed by atoms with Gasteiger partial charge in [-0.1, -0.05) is 6.07 Å². The predicted octanol–water partition coefficient (Wildman–Crippen LogP) is 2.67. The Hall–Kier alpha value is -2.19. The molecule has 1 aromatic carbocycles. The van der Waals surface area contributed by atoms with Crippen molar-refractivity contribution in [2.75, 3.05) is 31.1 Å². The normalized spacial score (nSPS) is 14.5. The SMILES string of the molecule is Cc1nc(OCCNS(=O)(=O)c2cc(C)c(C)cc2C)cc(N2CCCC2)n1. The van der Waals surface area contributed by atoms with Crippen LogP contribution in [0.15, 0.2) is 23.1 Å². The maximum absolute atomic E-state index is 12.6. The topological polar surface area (TPSA) is 84.4 Å². The standard InChI is InChI=1S/C20H28N4O3S/c1-14-11-16(3)18(12-15(14)2)28(25,26)21-7-10-27-20-13-19(22-17(4)23-20)24-8-5-6-9-24/h11-13,21H,5-10H2,1-4H3. The molecule has 1 aromatic heterocycles. The highest BCUT2D eigenvalue weighted by Gasteiger charge is 2.18. The lowest BCUT2D eigenvalue weighted by Crippen LogP contribution is -2.29. The highest BCUT2D eigenvalue weighted by molar-refractivity contribution is 7.89. The summed E-state index contributed by atoms with van der Waals surface area (Å²) in [4.78, 5) is 11.3. The lowest BCUT2D eigenvalue weighted by atomic mass is 10.1. The molecule has 0 aliphatic carbocycles. The van der Waals surface area contributed by atoms with Crippen molar-refractivity contribution < 1.29 is 13.2 Å². The second-order valence-electron chi connectivity index (χ2n) is 7.25. The molecule has 3 rings (SSSR count). The van der Waals surface area contributed by atoms with Gasteiger partial charge in [0.2, 0.25) is 15.9 Å². The summed E-state index contributed by atoms with van der Waals surface area (Å²) in [6.07, 6.45) is 2.33. The van der Waals surface area contributed by atoms with Crippen molar-refractivity contribution in [2.45, 2.75) is 45.4 Å². The molecular formula is C20H28N4O3S. The molecule has 0 radical (unpaired) electrons. The molecule has 0 atom stereocenters. The van der Waals surface area contributed by atoms with Crippen molar-refractivity contribution in [2.24, 2.45) is 0 Å². The minimum Gasteiger partial charge on any atom is -0.476 e. The molecule has 1 aliphatic heterocycles. The molecule has 1 N–H and O–H groups in total. The maximum Gasteiger partial charge on any atom is 0.240 e. The average Bonchev–Trinajstić information content (AvgIpc) is 3.16. The van der Waals surface area contributed by atoms with Crippen LogP contribution in [0, 0.1) is 27.7 Å². The Morgan fingerprint density at radius 3 is 2.39 bits per heavy atom. The summed E-state index contributed by atoms with van der Waals surface area (Å²) in [7, 11) is -3.59. The van der Waals surface area contributed by atoms with Crippen LogP contribution in [0.3, 0.4) is 0 Å². The van der Waals surface area contributed by atoms with Gasteiger partial charge in [0.25, 0.3) is 0 Å². The molecule has 152 valence electrons. The van der Waals surface area contributed by atoms with Gasteiger partial charge in [0.05, 0.1) is 4.90 Å². The summed E-state index contributed by atoms with van der Waals surface area (Å²) in [5.41, 5.74) is 2.76. The van der Waals surface area contributed by atoms with E-state index in [-0.39, 0.29) is 13.2 Å². The molecule has 1 saturated heterocycles. The number of ether oxygens (including phenoxy) is 1. The van der Waals surface area contributed by atoms with E-state index in [0.29, 0.717) is 16.6 Å². The fraction of sp³-hybridized carbons (Fsp3) is 0.500. The van der Waals surface area contributed by atoms with Crippen LogP contribution < -0.4 is 14.4 Å². The number of aromatic nitrogens is 2. The van der Waals surface area contributed by atoms with Gasteiger partial charge >= 0.3 is 0 Å². The van der Waals surface area contributed by atoms with Crippen LogP contribution in [0.5, 0.6) is 5.88 Å². The van der Waals surface area contributed by atoms with E-state index in [9.17, 15) is 8.42 Å². The van der Waals surface area contributed by atoms with E-state index >= 15 is 0 Å². The molecule has 0 amide bonds. The summed E-state index contributed by atoms with van der Waals surface area (Å²) in [6.45, 7) is 9.86. The number of anilines is 1. The van der Waals surface area contributed by atoms with Gasteiger partial charge in [0.15, 0.2) is 0 Å². The van der Waals surface area contributed by atoms with Gasteiger partial charge in [-0.15, -0.1) is 0 Å². The minimum absolute atomic E-state index is 0.163. The number of sulfonamides is 1. The van der Waals surface area contributed by atoms with E-state index < -0.39 is 10.0 Å². The van der Waals surface area contributed by atoms with Crippen LogP contribution in [0.1, 0.15) is 35.4 Å². The fourth-order valence-corrected chi connectivity index (χ4v) is 4.66. The van der Waals surface area contributed by atoms with Gasteiger partial charge in [0.1, 0.15) is 18.2 Å². The number of aryl methyl sites for hydroxylation is 4. The average molecular weight is 405 g/mol. The van der Waals surface area contributed by atoms with Crippen molar-refractivity contribution in [3.63, 3.8) is 0 Å². The zero-order valence-electron chi connectivity index (χ0n) is 16.9. The first kappa shape index (κ1) is 20.5. The summed E-state index contributed by atoms with van der Waals surface area (Å²) in [6, 6.07) is 5.42. The Morgan fingerprint density at radius 1 is 1.00 bits per heavy atom. The molecule has 2 heterocycles. The number of hydrogen-bond acceptors (Lipinski definition) is 6. The molecule has 2 aromatic rings. The Bertz CT molecular complexity index is 954. The van der Waals surface area contributed by atoms with Crippen LogP contribution >= 0.6 is 0 Å². The molecule has 1 fully saturated rings. The molecule has 7 nitrogen and oxygen atoms in total. The van der Waals surface area contributed by atoms with E-state index in [2.05, 4.69) is 19.6 Å². The van der Waals surface area contributed by atoms with Crippen LogP contribution in [-0.4, -0.2) is 44.6 Å². The third kappa shape index (κ3) is 4.80. The largest absolute Gasteiger partial charge is 0.476 e. The first-order valence-electron chi connectivity index (χ1n) is 9.57. The van der Waals surface area contributed by atoms with Gasteiger partial charge in [-0.05, 0) is 63.3 Å². The van der Waals surface area contributed by atoms with Gasteiger partial charge in [-0.3, -0.25) is 0 Å². The van der Waals surface area contributed by atoms with E-state index in [4.69, 9.17) is 4.74 Å². The third-order valence-corrected chi connectivity index (χ3v) is 6.56. The molecule has 0 spiro atoms. The lowest BCUT2D eigenvalue weighted by molar-refractivity contribution is 0.309. The van der Waals surface area contributed by atoms with Crippen molar-refractivity contribution in [3.8, 4) is 5.88 Å². The number of benzene rings is 1. The van der Waals surface area contributed by atoms with Gasteiger partial charge in [-0.25, -0.2) is 18.1 Å². The zero-order chi connectivity index (χ0) is 20.3. The van der Waals surface area contributed by atoms with Crippen LogP contribution in [0.4, 0.5) is 5.82 Å². The molecular weight excluding hydrogens is 376 g/mol. The lowest BCUT2D eigenvalue weighted by Gasteiger charge is -2.17. The third-order valence-electron chi connectivity index (χ3n) is 4.96. The number of hydrogen-bond donors (Lipinski definition) is 1. The quantitative estimate of drug-likeness (QED) is 0.714. The smallest absolute Gasteiger partial charge is 0.240 e. The molecule has 0 unspecified atom stereocenters. The molecule has 0 bridgehead atoms. The highest BCUT2D eigenvalue weighted by Crippen LogP contribution is 2.22. The van der Waals surface area contributed by atoms with E-state index in [0.717, 1.165) is 35.6 Å². The monoisotopic (exact) mass is 404 g/mol. The Balaban J connectivity index is 1.60. The van der Waals surface area contributed by atoms with E-state index in [1.54, 1.807) is 13.0 Å². The van der Waals surface area contributed by atoms with Crippen LogP contribution in [0.2, 0.25) is 0 Å². The van der Waals surface area contributed by atoms with E-state index in [1.165, 1.54) is 12.8 Å². The molecule has 0 saturated carbocycles. The predicted molar refractivity (Wildman–Crippen MR) is 110 cm³/mol. The van der Waals surface area contributed by atoms with Crippen molar-refractivity contribution in [1.29, 1.82) is 0 Å². The molecule has 1 aliphatic rings. The van der Waals surface area contributed by atoms with Crippen LogP contribution in [-0.2, 0) is 10.0 Å². The summed E-state index contributed by atoms with van der Waals surface area (Å²) in [5, 5.41) is 0. The Labute approximate surface area is 167 Å². The first-order chi connectivity index (χ1) is 13.3. The molecule has 28 heavy (non-hydrogen) atoms. The van der Waals surface area contributed by atoms with Crippen molar-refractivity contribution in [3.05, 3.63) is 40.7 Å². The summed E-state index contributed by atoms with van der Waals surface area (Å²) in [5.74, 6) is 1.98. The first-order valence-corrected chi connectivity index (χ1v) is 11.1. The van der Waals surface area contributed by atoms with Gasteiger partial charge in [-0.2, -0.15) is 4.98 Å².